The number of para-hydroxylation sites is 1. The molecule has 0 spiro atoms. The molecule has 3 aliphatic rings. The maximum absolute atomic E-state index is 15.4. The van der Waals surface area contributed by atoms with Crippen LogP contribution in [0.3, 0.4) is 0 Å². The number of hydrogen-bond acceptors (Lipinski definition) is 7. The van der Waals surface area contributed by atoms with E-state index in [0.29, 0.717) is 51.6 Å². The van der Waals surface area contributed by atoms with E-state index < -0.39 is 18.3 Å². The fraction of sp³-hybridized carbons (Fsp3) is 0.357. The average Bonchev–Trinajstić information content (AvgIpc) is 3.66. The van der Waals surface area contributed by atoms with E-state index in [2.05, 4.69) is 15.0 Å². The van der Waals surface area contributed by atoms with Gasteiger partial charge in [-0.05, 0) is 60.1 Å². The number of H-pyrrole nitrogens is 1. The molecule has 3 N–H and O–H groups in total. The first kappa shape index (κ1) is 23.8. The highest BCUT2D eigenvalue weighted by molar-refractivity contribution is 6.31. The number of hydrogen-bond donors (Lipinski definition) is 3. The summed E-state index contributed by atoms with van der Waals surface area (Å²) in [5.74, 6) is -0.229. The van der Waals surface area contributed by atoms with Gasteiger partial charge in [0, 0.05) is 5.56 Å². The van der Waals surface area contributed by atoms with Crippen molar-refractivity contribution in [2.75, 3.05) is 13.2 Å². The van der Waals surface area contributed by atoms with Gasteiger partial charge in [-0.15, -0.1) is 0 Å². The largest absolute Gasteiger partial charge is 0.507 e. The van der Waals surface area contributed by atoms with Crippen molar-refractivity contribution in [3.8, 4) is 22.9 Å². The van der Waals surface area contributed by atoms with Gasteiger partial charge < -0.3 is 29.4 Å². The number of nitrogens with zero attached hydrogens (tertiary/aromatic N) is 2. The Bertz CT molecular complexity index is 1540. The molecule has 38 heavy (non-hydrogen) atoms. The second-order valence-corrected chi connectivity index (χ2v) is 10.5. The van der Waals surface area contributed by atoms with E-state index in [1.165, 1.54) is 6.07 Å². The van der Waals surface area contributed by atoms with Gasteiger partial charge in [-0.2, -0.15) is 4.98 Å². The number of aromatic hydroxyl groups is 1. The fourth-order valence-corrected chi connectivity index (χ4v) is 6.17. The van der Waals surface area contributed by atoms with Crippen LogP contribution in [0.25, 0.3) is 22.3 Å². The third kappa shape index (κ3) is 4.01. The predicted octanol–water partition coefficient (Wildman–Crippen LogP) is 4.30. The van der Waals surface area contributed by atoms with Crippen molar-refractivity contribution in [1.29, 1.82) is 0 Å². The number of fused-ring (bicyclic) bond motifs is 3. The Balaban J connectivity index is 1.12. The SMILES string of the molecule is Oc1ccccc1-c1cc(F)c2c(c1)CC[C@@H]2Cc1nc2nc(O[C@@H]3CO[C@H]4[C@@H]3OC[C@H]4O)[nH]c2cc1Cl. The lowest BCUT2D eigenvalue weighted by atomic mass is 9.93. The third-order valence-corrected chi connectivity index (χ3v) is 8.09. The normalized spacial score (nSPS) is 26.1. The van der Waals surface area contributed by atoms with Crippen molar-refractivity contribution < 1.29 is 28.8 Å². The van der Waals surface area contributed by atoms with Crippen molar-refractivity contribution in [3.05, 3.63) is 70.1 Å². The van der Waals surface area contributed by atoms with Crippen molar-refractivity contribution in [3.63, 3.8) is 0 Å². The summed E-state index contributed by atoms with van der Waals surface area (Å²) in [6.07, 6.45) is 0.187. The monoisotopic (exact) mass is 537 g/mol. The van der Waals surface area contributed by atoms with Gasteiger partial charge in [-0.3, -0.25) is 0 Å². The first-order chi connectivity index (χ1) is 18.4. The zero-order chi connectivity index (χ0) is 26.0. The highest BCUT2D eigenvalue weighted by atomic mass is 35.5. The zero-order valence-corrected chi connectivity index (χ0v) is 21.0. The summed E-state index contributed by atoms with van der Waals surface area (Å²) in [6.45, 7) is 0.512. The van der Waals surface area contributed by atoms with Gasteiger partial charge >= 0.3 is 0 Å². The number of aryl methyl sites for hydroxylation is 1. The molecule has 0 amide bonds. The average molecular weight is 538 g/mol. The predicted molar refractivity (Wildman–Crippen MR) is 137 cm³/mol. The van der Waals surface area contributed by atoms with Crippen LogP contribution in [-0.4, -0.2) is 62.8 Å². The third-order valence-electron chi connectivity index (χ3n) is 7.76. The molecule has 0 radical (unpaired) electrons. The number of aromatic amines is 1. The smallest absolute Gasteiger partial charge is 0.296 e. The standard InChI is InChI=1S/C28H25ClFN3O5/c29-17-10-20-27(33-28(32-20)38-23-12-37-25-22(35)11-36-26(23)25)31-19(17)9-14-6-5-13-7-15(8-18(30)24(13)14)16-3-1-2-4-21(16)34/h1-4,7-8,10,14,22-23,25-26,34-35H,5-6,9,11-12H2,(H,31,32,33)/t14-,22-,23-,25-,26-/m1/s1. The fourth-order valence-electron chi connectivity index (χ4n) is 5.94. The molecule has 4 heterocycles. The second-order valence-electron chi connectivity index (χ2n) is 10.1. The Labute approximate surface area is 222 Å². The Kier molecular flexibility index (Phi) is 5.77. The molecule has 196 valence electrons. The zero-order valence-electron chi connectivity index (χ0n) is 20.2. The topological polar surface area (TPSA) is 110 Å². The first-order valence-electron chi connectivity index (χ1n) is 12.7. The van der Waals surface area contributed by atoms with Gasteiger partial charge in [0.1, 0.15) is 29.9 Å². The Morgan fingerprint density at radius 2 is 1.95 bits per heavy atom. The molecular formula is C28H25ClFN3O5. The molecule has 0 unspecified atom stereocenters. The van der Waals surface area contributed by atoms with Crippen LogP contribution >= 0.6 is 11.6 Å². The maximum Gasteiger partial charge on any atom is 0.296 e. The molecule has 2 aromatic carbocycles. The number of halogens is 2. The molecule has 2 aromatic heterocycles. The number of imidazole rings is 1. The molecule has 5 atom stereocenters. The highest BCUT2D eigenvalue weighted by Gasteiger charge is 2.48. The molecule has 1 aliphatic carbocycles. The summed E-state index contributed by atoms with van der Waals surface area (Å²) >= 11 is 6.60. The lowest BCUT2D eigenvalue weighted by molar-refractivity contribution is 0.00706. The van der Waals surface area contributed by atoms with Gasteiger partial charge in [0.15, 0.2) is 11.8 Å². The lowest BCUT2D eigenvalue weighted by Gasteiger charge is -2.15. The Hall–Kier alpha value is -3.24. The van der Waals surface area contributed by atoms with Crippen LogP contribution in [0.1, 0.15) is 29.2 Å². The molecule has 8 nitrogen and oxygen atoms in total. The summed E-state index contributed by atoms with van der Waals surface area (Å²) in [5, 5.41) is 20.6. The van der Waals surface area contributed by atoms with E-state index >= 15 is 4.39 Å². The van der Waals surface area contributed by atoms with Crippen LogP contribution in [0.2, 0.25) is 5.02 Å². The number of pyridine rings is 1. The summed E-state index contributed by atoms with van der Waals surface area (Å²) in [4.78, 5) is 12.3. The molecule has 10 heteroatoms. The van der Waals surface area contributed by atoms with E-state index in [1.54, 1.807) is 24.3 Å². The minimum absolute atomic E-state index is 0.0703. The molecule has 4 aromatic rings. The van der Waals surface area contributed by atoms with Crippen LogP contribution in [0.4, 0.5) is 4.39 Å². The molecular weight excluding hydrogens is 513 g/mol. The van der Waals surface area contributed by atoms with E-state index in [0.717, 1.165) is 18.4 Å². The van der Waals surface area contributed by atoms with E-state index in [-0.39, 0.29) is 36.2 Å². The molecule has 0 bridgehead atoms. The number of phenolic OH excluding ortho intramolecular Hbond substituents is 1. The van der Waals surface area contributed by atoms with Crippen LogP contribution in [0.5, 0.6) is 11.8 Å². The van der Waals surface area contributed by atoms with Crippen molar-refractivity contribution >= 4 is 22.8 Å². The summed E-state index contributed by atoms with van der Waals surface area (Å²) < 4.78 is 32.6. The van der Waals surface area contributed by atoms with Crippen molar-refractivity contribution in [2.24, 2.45) is 0 Å². The van der Waals surface area contributed by atoms with Crippen molar-refractivity contribution in [1.82, 2.24) is 15.0 Å². The van der Waals surface area contributed by atoms with Crippen molar-refractivity contribution in [2.45, 2.75) is 49.6 Å². The number of rotatable bonds is 5. The minimum Gasteiger partial charge on any atom is -0.507 e. The molecule has 7 rings (SSSR count). The highest BCUT2D eigenvalue weighted by Crippen LogP contribution is 2.41. The number of ether oxygens (including phenoxy) is 3. The number of phenols is 1. The number of aromatic nitrogens is 3. The molecule has 2 fully saturated rings. The molecule has 2 saturated heterocycles. The van der Waals surface area contributed by atoms with Crippen LogP contribution in [0.15, 0.2) is 42.5 Å². The Morgan fingerprint density at radius 1 is 1.11 bits per heavy atom. The number of aliphatic hydroxyl groups is 1. The summed E-state index contributed by atoms with van der Waals surface area (Å²) in [6, 6.07) is 12.4. The van der Waals surface area contributed by atoms with Crippen LogP contribution < -0.4 is 4.74 Å². The van der Waals surface area contributed by atoms with Crippen LogP contribution in [0, 0.1) is 5.82 Å². The van der Waals surface area contributed by atoms with E-state index in [4.69, 9.17) is 25.8 Å². The van der Waals surface area contributed by atoms with Gasteiger partial charge in [0.2, 0.25) is 0 Å². The second kappa shape index (κ2) is 9.20. The van der Waals surface area contributed by atoms with E-state index in [9.17, 15) is 10.2 Å². The van der Waals surface area contributed by atoms with Gasteiger partial charge in [0.25, 0.3) is 6.01 Å². The summed E-state index contributed by atoms with van der Waals surface area (Å²) in [7, 11) is 0. The van der Waals surface area contributed by atoms with Gasteiger partial charge in [-0.1, -0.05) is 35.9 Å². The minimum atomic E-state index is -0.657. The van der Waals surface area contributed by atoms with Gasteiger partial charge in [0.05, 0.1) is 29.4 Å². The maximum atomic E-state index is 15.4. The molecule has 2 aliphatic heterocycles. The number of aliphatic hydroxyl groups excluding tert-OH is 1. The molecule has 0 saturated carbocycles. The van der Waals surface area contributed by atoms with E-state index in [1.807, 2.05) is 12.1 Å². The Morgan fingerprint density at radius 3 is 2.82 bits per heavy atom. The lowest BCUT2D eigenvalue weighted by Crippen LogP contribution is -2.34. The number of benzene rings is 2. The van der Waals surface area contributed by atoms with Gasteiger partial charge in [-0.25, -0.2) is 9.37 Å². The summed E-state index contributed by atoms with van der Waals surface area (Å²) in [5.41, 5.74) is 4.63. The first-order valence-corrected chi connectivity index (χ1v) is 13.1. The quantitative estimate of drug-likeness (QED) is 0.348. The van der Waals surface area contributed by atoms with Crippen LogP contribution in [-0.2, 0) is 22.3 Å². The number of nitrogens with one attached hydrogen (secondary N) is 1.